The first kappa shape index (κ1) is 10.8. The first-order valence-corrected chi connectivity index (χ1v) is 6.37. The highest BCUT2D eigenvalue weighted by Gasteiger charge is 2.41. The van der Waals surface area contributed by atoms with E-state index in [0.29, 0.717) is 6.54 Å². The molecule has 2 aromatic rings. The molecule has 0 spiro atoms. The van der Waals surface area contributed by atoms with Crippen molar-refractivity contribution >= 4 is 11.1 Å². The lowest BCUT2D eigenvalue weighted by Gasteiger charge is -2.37. The monoisotopic (exact) mass is 230 g/mol. The normalized spacial score (nSPS) is 18.2. The van der Waals surface area contributed by atoms with Crippen molar-refractivity contribution in [2.45, 2.75) is 38.0 Å². The van der Waals surface area contributed by atoms with Gasteiger partial charge in [0, 0.05) is 6.54 Å². The zero-order valence-electron chi connectivity index (χ0n) is 10.2. The fourth-order valence-corrected chi connectivity index (χ4v) is 2.53. The third kappa shape index (κ3) is 1.57. The second kappa shape index (κ2) is 3.84. The molecule has 1 heterocycles. The second-order valence-electron chi connectivity index (χ2n) is 5.01. The molecule has 1 fully saturated rings. The first-order valence-electron chi connectivity index (χ1n) is 6.37. The molecule has 90 valence electrons. The summed E-state index contributed by atoms with van der Waals surface area (Å²) in [5.41, 5.74) is 9.05. The quantitative estimate of drug-likeness (QED) is 0.882. The molecular formula is C14H18N2O. The molecule has 1 saturated carbocycles. The Labute approximate surface area is 101 Å². The Kier molecular flexibility index (Phi) is 2.44. The largest absolute Gasteiger partial charge is 0.440 e. The molecule has 1 aromatic heterocycles. The highest BCUT2D eigenvalue weighted by Crippen LogP contribution is 2.43. The number of benzene rings is 1. The number of aryl methyl sites for hydroxylation is 1. The SMILES string of the molecule is CCc1ccc2oc(C3(CN)CCC3)nc2c1. The van der Waals surface area contributed by atoms with Crippen molar-refractivity contribution in [1.29, 1.82) is 0 Å². The van der Waals surface area contributed by atoms with E-state index in [9.17, 15) is 0 Å². The highest BCUT2D eigenvalue weighted by atomic mass is 16.3. The number of fused-ring (bicyclic) bond motifs is 1. The molecule has 0 atom stereocenters. The van der Waals surface area contributed by atoms with Crippen molar-refractivity contribution in [1.82, 2.24) is 4.98 Å². The molecule has 0 unspecified atom stereocenters. The van der Waals surface area contributed by atoms with E-state index in [2.05, 4.69) is 24.0 Å². The molecule has 0 saturated heterocycles. The van der Waals surface area contributed by atoms with Gasteiger partial charge in [-0.05, 0) is 37.0 Å². The van der Waals surface area contributed by atoms with Crippen molar-refractivity contribution < 1.29 is 4.42 Å². The van der Waals surface area contributed by atoms with E-state index < -0.39 is 0 Å². The lowest BCUT2D eigenvalue weighted by molar-refractivity contribution is 0.203. The van der Waals surface area contributed by atoms with Gasteiger partial charge in [-0.15, -0.1) is 0 Å². The number of nitrogens with two attached hydrogens (primary N) is 1. The van der Waals surface area contributed by atoms with E-state index >= 15 is 0 Å². The van der Waals surface area contributed by atoms with Crippen LogP contribution >= 0.6 is 0 Å². The van der Waals surface area contributed by atoms with Gasteiger partial charge in [-0.3, -0.25) is 0 Å². The van der Waals surface area contributed by atoms with Crippen LogP contribution in [0.2, 0.25) is 0 Å². The predicted molar refractivity (Wildman–Crippen MR) is 68.0 cm³/mol. The Hall–Kier alpha value is -1.35. The van der Waals surface area contributed by atoms with Crippen molar-refractivity contribution in [3.8, 4) is 0 Å². The zero-order chi connectivity index (χ0) is 11.9. The fourth-order valence-electron chi connectivity index (χ4n) is 2.53. The highest BCUT2D eigenvalue weighted by molar-refractivity contribution is 5.73. The standard InChI is InChI=1S/C14H18N2O/c1-2-10-4-5-12-11(8-10)16-13(17-12)14(9-15)6-3-7-14/h4-5,8H,2-3,6-7,9,15H2,1H3. The summed E-state index contributed by atoms with van der Waals surface area (Å²) in [4.78, 5) is 4.64. The maximum atomic E-state index is 5.88. The van der Waals surface area contributed by atoms with Gasteiger partial charge in [0.2, 0.25) is 5.89 Å². The number of aromatic nitrogens is 1. The molecule has 3 heteroatoms. The van der Waals surface area contributed by atoms with E-state index in [-0.39, 0.29) is 5.41 Å². The Morgan fingerprint density at radius 1 is 1.41 bits per heavy atom. The van der Waals surface area contributed by atoms with E-state index in [0.717, 1.165) is 36.3 Å². The van der Waals surface area contributed by atoms with Gasteiger partial charge in [0.05, 0.1) is 5.41 Å². The molecule has 0 aliphatic heterocycles. The minimum atomic E-state index is 0.0192. The lowest BCUT2D eigenvalue weighted by Crippen LogP contribution is -2.41. The molecule has 3 rings (SSSR count). The van der Waals surface area contributed by atoms with Crippen LogP contribution in [0, 0.1) is 0 Å². The zero-order valence-corrected chi connectivity index (χ0v) is 10.2. The van der Waals surface area contributed by atoms with E-state index in [4.69, 9.17) is 10.2 Å². The van der Waals surface area contributed by atoms with Gasteiger partial charge in [-0.25, -0.2) is 4.98 Å². The van der Waals surface area contributed by atoms with Crippen LogP contribution in [0.15, 0.2) is 22.6 Å². The maximum Gasteiger partial charge on any atom is 0.202 e. The van der Waals surface area contributed by atoms with Crippen LogP contribution in [0.1, 0.15) is 37.6 Å². The molecule has 1 aliphatic rings. The lowest BCUT2D eigenvalue weighted by atomic mass is 9.69. The summed E-state index contributed by atoms with van der Waals surface area (Å²) in [7, 11) is 0. The number of nitrogens with zero attached hydrogens (tertiary/aromatic N) is 1. The fraction of sp³-hybridized carbons (Fsp3) is 0.500. The van der Waals surface area contributed by atoms with Gasteiger partial charge in [0.25, 0.3) is 0 Å². The number of oxazole rings is 1. The average molecular weight is 230 g/mol. The average Bonchev–Trinajstić information content (AvgIpc) is 2.70. The molecule has 0 radical (unpaired) electrons. The minimum Gasteiger partial charge on any atom is -0.440 e. The third-order valence-electron chi connectivity index (χ3n) is 4.02. The third-order valence-corrected chi connectivity index (χ3v) is 4.02. The van der Waals surface area contributed by atoms with Crippen LogP contribution in [0.4, 0.5) is 0 Å². The molecule has 0 amide bonds. The predicted octanol–water partition coefficient (Wildman–Crippen LogP) is 2.77. The van der Waals surface area contributed by atoms with Crippen molar-refractivity contribution in [2.75, 3.05) is 6.54 Å². The summed E-state index contributed by atoms with van der Waals surface area (Å²) in [6.45, 7) is 2.79. The topological polar surface area (TPSA) is 52.0 Å². The van der Waals surface area contributed by atoms with Gasteiger partial charge in [0.1, 0.15) is 5.52 Å². The van der Waals surface area contributed by atoms with Crippen LogP contribution < -0.4 is 5.73 Å². The van der Waals surface area contributed by atoms with Gasteiger partial charge in [-0.1, -0.05) is 19.4 Å². The Morgan fingerprint density at radius 2 is 2.24 bits per heavy atom. The number of hydrogen-bond donors (Lipinski definition) is 1. The van der Waals surface area contributed by atoms with E-state index in [1.54, 1.807) is 0 Å². The van der Waals surface area contributed by atoms with Crippen LogP contribution in [0.3, 0.4) is 0 Å². The summed E-state index contributed by atoms with van der Waals surface area (Å²) >= 11 is 0. The summed E-state index contributed by atoms with van der Waals surface area (Å²) in [6.07, 6.45) is 4.48. The Balaban J connectivity index is 2.07. The molecule has 1 aromatic carbocycles. The second-order valence-corrected chi connectivity index (χ2v) is 5.01. The summed E-state index contributed by atoms with van der Waals surface area (Å²) in [6, 6.07) is 6.24. The van der Waals surface area contributed by atoms with Crippen LogP contribution in [0.25, 0.3) is 11.1 Å². The molecule has 3 nitrogen and oxygen atoms in total. The van der Waals surface area contributed by atoms with Crippen molar-refractivity contribution in [2.24, 2.45) is 5.73 Å². The van der Waals surface area contributed by atoms with Gasteiger partial charge >= 0.3 is 0 Å². The summed E-state index contributed by atoms with van der Waals surface area (Å²) < 4.78 is 5.87. The van der Waals surface area contributed by atoms with Crippen molar-refractivity contribution in [3.05, 3.63) is 29.7 Å². The Bertz CT molecular complexity index is 535. The number of rotatable bonds is 3. The van der Waals surface area contributed by atoms with Crippen molar-refractivity contribution in [3.63, 3.8) is 0 Å². The van der Waals surface area contributed by atoms with Gasteiger partial charge < -0.3 is 10.2 Å². The molecular weight excluding hydrogens is 212 g/mol. The molecule has 2 N–H and O–H groups in total. The van der Waals surface area contributed by atoms with Gasteiger partial charge in [-0.2, -0.15) is 0 Å². The maximum absolute atomic E-state index is 5.88. The van der Waals surface area contributed by atoms with Gasteiger partial charge in [0.15, 0.2) is 5.58 Å². The molecule has 0 bridgehead atoms. The molecule has 1 aliphatic carbocycles. The van der Waals surface area contributed by atoms with Crippen LogP contribution in [0.5, 0.6) is 0 Å². The van der Waals surface area contributed by atoms with E-state index in [1.165, 1.54) is 12.0 Å². The minimum absolute atomic E-state index is 0.0192. The summed E-state index contributed by atoms with van der Waals surface area (Å²) in [5.74, 6) is 0.842. The first-order chi connectivity index (χ1) is 8.27. The number of hydrogen-bond acceptors (Lipinski definition) is 3. The van der Waals surface area contributed by atoms with Crippen LogP contribution in [-0.4, -0.2) is 11.5 Å². The smallest absolute Gasteiger partial charge is 0.202 e. The Morgan fingerprint density at radius 3 is 2.82 bits per heavy atom. The van der Waals surface area contributed by atoms with Crippen LogP contribution in [-0.2, 0) is 11.8 Å². The van der Waals surface area contributed by atoms with E-state index in [1.807, 2.05) is 6.07 Å². The summed E-state index contributed by atoms with van der Waals surface area (Å²) in [5, 5.41) is 0. The molecule has 17 heavy (non-hydrogen) atoms.